The predicted molar refractivity (Wildman–Crippen MR) is 137 cm³/mol. The van der Waals surface area contributed by atoms with E-state index in [0.717, 1.165) is 38.5 Å². The first-order valence-electron chi connectivity index (χ1n) is 13.5. The zero-order valence-corrected chi connectivity index (χ0v) is 22.7. The highest BCUT2D eigenvalue weighted by Gasteiger charge is 2.25. The molecule has 0 radical (unpaired) electrons. The van der Waals surface area contributed by atoms with Gasteiger partial charge in [0.1, 0.15) is 6.10 Å². The standard InChI is InChI=1S/C25H52NO7P/c1-3-5-7-9-10-11-12-13-14-15-17-20-30-22-24(23-32-34(28,29)31-21-19-26)33-25(27)18-16-8-6-4-2/h24H,3-23,26H2,1-2H3,(H,28,29). The van der Waals surface area contributed by atoms with Crippen molar-refractivity contribution in [2.45, 2.75) is 123 Å². The Morgan fingerprint density at radius 1 is 0.765 bits per heavy atom. The van der Waals surface area contributed by atoms with Crippen molar-refractivity contribution < 1.29 is 32.8 Å². The molecule has 8 nitrogen and oxygen atoms in total. The monoisotopic (exact) mass is 509 g/mol. The lowest BCUT2D eigenvalue weighted by molar-refractivity contribution is -0.154. The number of phosphoric ester groups is 1. The van der Waals surface area contributed by atoms with Crippen molar-refractivity contribution in [3.8, 4) is 0 Å². The summed E-state index contributed by atoms with van der Waals surface area (Å²) in [5, 5.41) is 0. The van der Waals surface area contributed by atoms with Gasteiger partial charge in [0.2, 0.25) is 0 Å². The lowest BCUT2D eigenvalue weighted by Crippen LogP contribution is -2.28. The number of esters is 1. The number of carbonyl (C=O) groups is 1. The van der Waals surface area contributed by atoms with Crippen LogP contribution in [-0.2, 0) is 27.9 Å². The van der Waals surface area contributed by atoms with Crippen LogP contribution in [0.4, 0.5) is 0 Å². The van der Waals surface area contributed by atoms with Gasteiger partial charge in [0.05, 0.1) is 19.8 Å². The average Bonchev–Trinajstić information content (AvgIpc) is 2.82. The van der Waals surface area contributed by atoms with Gasteiger partial charge in [-0.2, -0.15) is 0 Å². The van der Waals surface area contributed by atoms with Crippen molar-refractivity contribution in [1.82, 2.24) is 0 Å². The Bertz CT molecular complexity index is 508. The minimum absolute atomic E-state index is 0.0922. The van der Waals surface area contributed by atoms with Crippen molar-refractivity contribution in [3.05, 3.63) is 0 Å². The maximum atomic E-state index is 12.1. The van der Waals surface area contributed by atoms with E-state index in [2.05, 4.69) is 13.8 Å². The summed E-state index contributed by atoms with van der Waals surface area (Å²) in [5.74, 6) is -0.348. The number of phosphoric acid groups is 1. The molecule has 0 saturated carbocycles. The number of nitrogens with two attached hydrogens (primary N) is 1. The molecule has 34 heavy (non-hydrogen) atoms. The molecule has 204 valence electrons. The SMILES string of the molecule is CCCCCCCCCCCCCOCC(COP(=O)(O)OCCN)OC(=O)CCCCCC. The van der Waals surface area contributed by atoms with Crippen LogP contribution in [0.25, 0.3) is 0 Å². The van der Waals surface area contributed by atoms with E-state index in [0.29, 0.717) is 13.0 Å². The fraction of sp³-hybridized carbons (Fsp3) is 0.960. The van der Waals surface area contributed by atoms with E-state index in [1.54, 1.807) is 0 Å². The second kappa shape index (κ2) is 24.2. The topological polar surface area (TPSA) is 117 Å². The Labute approximate surface area is 208 Å². The highest BCUT2D eigenvalue weighted by atomic mass is 31.2. The van der Waals surface area contributed by atoms with Crippen LogP contribution in [0.15, 0.2) is 0 Å². The summed E-state index contributed by atoms with van der Waals surface area (Å²) in [4.78, 5) is 21.8. The van der Waals surface area contributed by atoms with Crippen LogP contribution in [0.2, 0.25) is 0 Å². The number of carbonyl (C=O) groups excluding carboxylic acids is 1. The van der Waals surface area contributed by atoms with Crippen molar-refractivity contribution in [2.24, 2.45) is 5.73 Å². The molecule has 0 fully saturated rings. The fourth-order valence-electron chi connectivity index (χ4n) is 3.52. The first-order chi connectivity index (χ1) is 16.4. The molecular formula is C25H52NO7P. The normalized spacial score (nSPS) is 14.1. The van der Waals surface area contributed by atoms with Gasteiger partial charge in [-0.1, -0.05) is 97.3 Å². The summed E-state index contributed by atoms with van der Waals surface area (Å²) in [7, 11) is -4.24. The second-order valence-corrected chi connectivity index (χ2v) is 10.4. The Balaban J connectivity index is 4.09. The summed E-state index contributed by atoms with van der Waals surface area (Å²) in [6, 6.07) is 0. The number of unbranched alkanes of at least 4 members (excludes halogenated alkanes) is 13. The average molecular weight is 510 g/mol. The molecule has 2 unspecified atom stereocenters. The Kier molecular flexibility index (Phi) is 23.8. The van der Waals surface area contributed by atoms with E-state index in [-0.39, 0.29) is 32.3 Å². The van der Waals surface area contributed by atoms with Gasteiger partial charge >= 0.3 is 13.8 Å². The molecule has 0 aliphatic carbocycles. The van der Waals surface area contributed by atoms with Crippen molar-refractivity contribution >= 4 is 13.8 Å². The first kappa shape index (κ1) is 33.5. The number of hydrogen-bond acceptors (Lipinski definition) is 7. The zero-order valence-electron chi connectivity index (χ0n) is 21.8. The smallest absolute Gasteiger partial charge is 0.457 e. The van der Waals surface area contributed by atoms with E-state index >= 15 is 0 Å². The summed E-state index contributed by atoms with van der Waals surface area (Å²) in [6.45, 7) is 4.78. The van der Waals surface area contributed by atoms with Gasteiger partial charge in [0.25, 0.3) is 0 Å². The molecule has 2 atom stereocenters. The van der Waals surface area contributed by atoms with E-state index in [9.17, 15) is 14.3 Å². The van der Waals surface area contributed by atoms with Crippen LogP contribution in [0.1, 0.15) is 117 Å². The van der Waals surface area contributed by atoms with Gasteiger partial charge in [0.15, 0.2) is 0 Å². The highest BCUT2D eigenvalue weighted by molar-refractivity contribution is 7.47. The predicted octanol–water partition coefficient (Wildman–Crippen LogP) is 6.29. The molecule has 3 N–H and O–H groups in total. The molecular weight excluding hydrogens is 457 g/mol. The minimum atomic E-state index is -4.24. The maximum absolute atomic E-state index is 12.1. The fourth-order valence-corrected chi connectivity index (χ4v) is 4.29. The van der Waals surface area contributed by atoms with E-state index < -0.39 is 13.9 Å². The summed E-state index contributed by atoms with van der Waals surface area (Å²) in [6.07, 6.45) is 17.3. The summed E-state index contributed by atoms with van der Waals surface area (Å²) >= 11 is 0. The summed E-state index contributed by atoms with van der Waals surface area (Å²) in [5.41, 5.74) is 5.29. The maximum Gasteiger partial charge on any atom is 0.472 e. The van der Waals surface area contributed by atoms with Crippen LogP contribution in [0.3, 0.4) is 0 Å². The van der Waals surface area contributed by atoms with E-state index in [4.69, 9.17) is 24.3 Å². The molecule has 0 aromatic rings. The molecule has 0 heterocycles. The molecule has 0 spiro atoms. The van der Waals surface area contributed by atoms with Gasteiger partial charge in [-0.05, 0) is 12.8 Å². The Morgan fingerprint density at radius 2 is 1.29 bits per heavy atom. The Hall–Kier alpha value is -0.500. The quantitative estimate of drug-likeness (QED) is 0.0794. The molecule has 0 rings (SSSR count). The highest BCUT2D eigenvalue weighted by Crippen LogP contribution is 2.43. The third-order valence-electron chi connectivity index (χ3n) is 5.52. The third-order valence-corrected chi connectivity index (χ3v) is 6.51. The largest absolute Gasteiger partial charge is 0.472 e. The Morgan fingerprint density at radius 3 is 1.85 bits per heavy atom. The van der Waals surface area contributed by atoms with Crippen LogP contribution < -0.4 is 5.73 Å². The lowest BCUT2D eigenvalue weighted by atomic mass is 10.1. The van der Waals surface area contributed by atoms with Gasteiger partial charge in [-0.15, -0.1) is 0 Å². The van der Waals surface area contributed by atoms with Gasteiger partial charge in [-0.25, -0.2) is 4.57 Å². The van der Waals surface area contributed by atoms with Crippen LogP contribution in [0, 0.1) is 0 Å². The molecule has 0 aromatic carbocycles. The number of hydrogen-bond donors (Lipinski definition) is 2. The minimum Gasteiger partial charge on any atom is -0.457 e. The third kappa shape index (κ3) is 23.3. The molecule has 9 heteroatoms. The number of rotatable bonds is 26. The molecule has 0 aliphatic rings. The van der Waals surface area contributed by atoms with Crippen molar-refractivity contribution in [2.75, 3.05) is 33.0 Å². The van der Waals surface area contributed by atoms with Gasteiger partial charge in [-0.3, -0.25) is 13.8 Å². The molecule has 0 aromatic heterocycles. The van der Waals surface area contributed by atoms with Crippen LogP contribution >= 0.6 is 7.82 Å². The van der Waals surface area contributed by atoms with Gasteiger partial charge in [0, 0.05) is 19.6 Å². The van der Waals surface area contributed by atoms with Crippen molar-refractivity contribution in [3.63, 3.8) is 0 Å². The van der Waals surface area contributed by atoms with Crippen LogP contribution in [0.5, 0.6) is 0 Å². The zero-order chi connectivity index (χ0) is 25.3. The lowest BCUT2D eigenvalue weighted by Gasteiger charge is -2.20. The number of ether oxygens (including phenoxy) is 2. The summed E-state index contributed by atoms with van der Waals surface area (Å²) < 4.78 is 32.7. The molecule has 0 bridgehead atoms. The van der Waals surface area contributed by atoms with E-state index in [1.165, 1.54) is 57.8 Å². The molecule has 0 amide bonds. The first-order valence-corrected chi connectivity index (χ1v) is 15.0. The van der Waals surface area contributed by atoms with Crippen molar-refractivity contribution in [1.29, 1.82) is 0 Å². The molecule has 0 aliphatic heterocycles. The second-order valence-electron chi connectivity index (χ2n) is 8.92. The van der Waals surface area contributed by atoms with Gasteiger partial charge < -0.3 is 20.1 Å². The van der Waals surface area contributed by atoms with Crippen LogP contribution in [-0.4, -0.2) is 49.9 Å². The molecule has 0 saturated heterocycles. The van der Waals surface area contributed by atoms with E-state index in [1.807, 2.05) is 0 Å².